The molecular formula is C24H31N3O5. The fourth-order valence-corrected chi connectivity index (χ4v) is 2.65. The lowest BCUT2D eigenvalue weighted by atomic mass is 10.2. The van der Waals surface area contributed by atoms with Crippen LogP contribution >= 0.6 is 0 Å². The largest absolute Gasteiger partial charge is 0.494 e. The first-order valence-corrected chi connectivity index (χ1v) is 10.6. The molecule has 3 amide bonds. The van der Waals surface area contributed by atoms with E-state index in [0.29, 0.717) is 30.8 Å². The van der Waals surface area contributed by atoms with E-state index in [1.165, 1.54) is 0 Å². The Morgan fingerprint density at radius 3 is 2.09 bits per heavy atom. The number of hydrogen-bond donors (Lipinski definition) is 3. The van der Waals surface area contributed by atoms with Crippen LogP contribution in [0.5, 0.6) is 5.75 Å². The summed E-state index contributed by atoms with van der Waals surface area (Å²) < 4.78 is 10.7. The Labute approximate surface area is 188 Å². The summed E-state index contributed by atoms with van der Waals surface area (Å²) in [6, 6.07) is 16.3. The predicted octanol–water partition coefficient (Wildman–Crippen LogP) is 4.34. The van der Waals surface area contributed by atoms with Gasteiger partial charge in [0.2, 0.25) is 11.8 Å². The molecule has 0 radical (unpaired) electrons. The molecule has 3 N–H and O–H groups in total. The lowest BCUT2D eigenvalue weighted by Crippen LogP contribution is -2.34. The van der Waals surface area contributed by atoms with E-state index in [4.69, 9.17) is 9.47 Å². The predicted molar refractivity (Wildman–Crippen MR) is 124 cm³/mol. The minimum absolute atomic E-state index is 0.0945. The van der Waals surface area contributed by atoms with Gasteiger partial charge in [0.05, 0.1) is 6.61 Å². The molecule has 8 heteroatoms. The van der Waals surface area contributed by atoms with Crippen LogP contribution in [0.2, 0.25) is 0 Å². The monoisotopic (exact) mass is 441 g/mol. The molecular weight excluding hydrogens is 410 g/mol. The zero-order valence-corrected chi connectivity index (χ0v) is 18.8. The lowest BCUT2D eigenvalue weighted by Gasteiger charge is -2.19. The van der Waals surface area contributed by atoms with Crippen molar-refractivity contribution in [2.45, 2.75) is 45.6 Å². The molecule has 172 valence electrons. The molecule has 0 atom stereocenters. The Morgan fingerprint density at radius 2 is 1.47 bits per heavy atom. The van der Waals surface area contributed by atoms with E-state index in [1.54, 1.807) is 45.0 Å². The molecule has 2 rings (SSSR count). The maximum absolute atomic E-state index is 12.2. The molecule has 0 heterocycles. The van der Waals surface area contributed by atoms with Crippen LogP contribution in [0.3, 0.4) is 0 Å². The van der Waals surface area contributed by atoms with Gasteiger partial charge in [-0.25, -0.2) is 4.79 Å². The number of rotatable bonds is 10. The highest BCUT2D eigenvalue weighted by Gasteiger charge is 2.16. The van der Waals surface area contributed by atoms with Crippen molar-refractivity contribution in [2.24, 2.45) is 0 Å². The molecule has 2 aromatic carbocycles. The highest BCUT2D eigenvalue weighted by Crippen LogP contribution is 2.16. The van der Waals surface area contributed by atoms with Crippen LogP contribution < -0.4 is 20.7 Å². The van der Waals surface area contributed by atoms with Gasteiger partial charge in [0, 0.05) is 30.8 Å². The van der Waals surface area contributed by atoms with Gasteiger partial charge in [-0.15, -0.1) is 0 Å². The smallest absolute Gasteiger partial charge is 0.407 e. The number of alkyl carbamates (subject to hydrolysis) is 1. The fraction of sp³-hybridized carbons (Fsp3) is 0.375. The summed E-state index contributed by atoms with van der Waals surface area (Å²) in [5.41, 5.74) is 0.549. The summed E-state index contributed by atoms with van der Waals surface area (Å²) in [7, 11) is 0. The molecule has 0 unspecified atom stereocenters. The zero-order chi connectivity index (χ0) is 23.4. The van der Waals surface area contributed by atoms with Crippen molar-refractivity contribution in [1.29, 1.82) is 0 Å². The Kier molecular flexibility index (Phi) is 9.53. The average Bonchev–Trinajstić information content (AvgIpc) is 2.71. The SMILES string of the molecule is CC(C)(C)OC(=O)NCCC(=O)Nc1cccc(NC(=O)CCCOc2ccccc2)c1. The second-order valence-corrected chi connectivity index (χ2v) is 8.12. The summed E-state index contributed by atoms with van der Waals surface area (Å²) in [6.45, 7) is 5.91. The lowest BCUT2D eigenvalue weighted by molar-refractivity contribution is -0.117. The second kappa shape index (κ2) is 12.3. The van der Waals surface area contributed by atoms with E-state index >= 15 is 0 Å². The average molecular weight is 442 g/mol. The number of benzene rings is 2. The molecule has 32 heavy (non-hydrogen) atoms. The summed E-state index contributed by atoms with van der Waals surface area (Å²) >= 11 is 0. The number of amides is 3. The number of ether oxygens (including phenoxy) is 2. The third-order valence-electron chi connectivity index (χ3n) is 4.01. The molecule has 0 fully saturated rings. The zero-order valence-electron chi connectivity index (χ0n) is 18.8. The molecule has 0 aliphatic carbocycles. The van der Waals surface area contributed by atoms with E-state index in [1.807, 2.05) is 30.3 Å². The number of para-hydroxylation sites is 1. The highest BCUT2D eigenvalue weighted by atomic mass is 16.6. The van der Waals surface area contributed by atoms with Gasteiger partial charge in [0.15, 0.2) is 0 Å². The molecule has 0 aliphatic heterocycles. The van der Waals surface area contributed by atoms with E-state index in [-0.39, 0.29) is 24.8 Å². The van der Waals surface area contributed by atoms with Crippen LogP contribution in [0.1, 0.15) is 40.0 Å². The Hall–Kier alpha value is -3.55. The van der Waals surface area contributed by atoms with Crippen LogP contribution in [-0.4, -0.2) is 36.7 Å². The molecule has 8 nitrogen and oxygen atoms in total. The molecule has 0 aliphatic rings. The van der Waals surface area contributed by atoms with E-state index < -0.39 is 11.7 Å². The molecule has 0 spiro atoms. The highest BCUT2D eigenvalue weighted by molar-refractivity contribution is 5.94. The van der Waals surface area contributed by atoms with Gasteiger partial charge in [0.25, 0.3) is 0 Å². The summed E-state index contributed by atoms with van der Waals surface area (Å²) in [5, 5.41) is 8.10. The van der Waals surface area contributed by atoms with Gasteiger partial charge in [-0.2, -0.15) is 0 Å². The normalized spacial score (nSPS) is 10.7. The van der Waals surface area contributed by atoms with E-state index in [0.717, 1.165) is 5.75 Å². The van der Waals surface area contributed by atoms with Gasteiger partial charge in [-0.05, 0) is 57.5 Å². The molecule has 0 saturated carbocycles. The van der Waals surface area contributed by atoms with Gasteiger partial charge >= 0.3 is 6.09 Å². The third-order valence-corrected chi connectivity index (χ3v) is 4.01. The van der Waals surface area contributed by atoms with Gasteiger partial charge in [-0.1, -0.05) is 24.3 Å². The topological polar surface area (TPSA) is 106 Å². The second-order valence-electron chi connectivity index (χ2n) is 8.12. The minimum Gasteiger partial charge on any atom is -0.494 e. The Bertz CT molecular complexity index is 894. The molecule has 2 aromatic rings. The van der Waals surface area contributed by atoms with Crippen LogP contribution in [0.25, 0.3) is 0 Å². The van der Waals surface area contributed by atoms with Crippen molar-refractivity contribution in [1.82, 2.24) is 5.32 Å². The summed E-state index contributed by atoms with van der Waals surface area (Å²) in [4.78, 5) is 35.9. The van der Waals surface area contributed by atoms with Crippen LogP contribution in [0.15, 0.2) is 54.6 Å². The maximum atomic E-state index is 12.2. The van der Waals surface area contributed by atoms with Crippen LogP contribution in [0, 0.1) is 0 Å². The quantitative estimate of drug-likeness (QED) is 0.476. The number of nitrogens with one attached hydrogen (secondary N) is 3. The van der Waals surface area contributed by atoms with Crippen molar-refractivity contribution in [3.8, 4) is 5.75 Å². The third kappa shape index (κ3) is 10.5. The van der Waals surface area contributed by atoms with Gasteiger partial charge in [0.1, 0.15) is 11.4 Å². The van der Waals surface area contributed by atoms with Crippen molar-refractivity contribution in [3.63, 3.8) is 0 Å². The first kappa shape index (κ1) is 24.7. The van der Waals surface area contributed by atoms with Crippen LogP contribution in [0.4, 0.5) is 16.2 Å². The Morgan fingerprint density at radius 1 is 0.844 bits per heavy atom. The number of carbonyl (C=O) groups is 3. The Balaban J connectivity index is 1.69. The van der Waals surface area contributed by atoms with Crippen molar-refractivity contribution < 1.29 is 23.9 Å². The summed E-state index contributed by atoms with van der Waals surface area (Å²) in [6.07, 6.45) is 0.433. The first-order chi connectivity index (χ1) is 15.2. The maximum Gasteiger partial charge on any atom is 0.407 e. The number of carbonyl (C=O) groups excluding carboxylic acids is 3. The fourth-order valence-electron chi connectivity index (χ4n) is 2.65. The van der Waals surface area contributed by atoms with Crippen molar-refractivity contribution >= 4 is 29.3 Å². The minimum atomic E-state index is -0.591. The molecule has 0 saturated heterocycles. The van der Waals surface area contributed by atoms with Gasteiger partial charge < -0.3 is 25.4 Å². The van der Waals surface area contributed by atoms with Crippen molar-refractivity contribution in [3.05, 3.63) is 54.6 Å². The number of anilines is 2. The summed E-state index contributed by atoms with van der Waals surface area (Å²) in [5.74, 6) is 0.381. The van der Waals surface area contributed by atoms with Crippen molar-refractivity contribution in [2.75, 3.05) is 23.8 Å². The van der Waals surface area contributed by atoms with Crippen LogP contribution in [-0.2, 0) is 14.3 Å². The van der Waals surface area contributed by atoms with Gasteiger partial charge in [-0.3, -0.25) is 9.59 Å². The number of hydrogen-bond acceptors (Lipinski definition) is 5. The molecule has 0 bridgehead atoms. The molecule has 0 aromatic heterocycles. The first-order valence-electron chi connectivity index (χ1n) is 10.6. The van der Waals surface area contributed by atoms with E-state index in [9.17, 15) is 14.4 Å². The standard InChI is InChI=1S/C24H31N3O5/c1-24(2,3)32-23(30)25-15-14-22(29)27-19-10-7-9-18(17-19)26-21(28)13-8-16-31-20-11-5-4-6-12-20/h4-7,9-12,17H,8,13-16H2,1-3H3,(H,25,30)(H,26,28)(H,27,29). The van der Waals surface area contributed by atoms with E-state index in [2.05, 4.69) is 16.0 Å².